The van der Waals surface area contributed by atoms with E-state index in [4.69, 9.17) is 5.11 Å². The summed E-state index contributed by atoms with van der Waals surface area (Å²) in [7, 11) is 1.59. The van der Waals surface area contributed by atoms with Gasteiger partial charge >= 0.3 is 5.82 Å². The smallest absolute Gasteiger partial charge is 0.342 e. The van der Waals surface area contributed by atoms with Crippen LogP contribution >= 0.6 is 11.9 Å². The number of hydrazine groups is 2. The Kier molecular flexibility index (Phi) is 3.81. The first-order valence-corrected chi connectivity index (χ1v) is 5.86. The van der Waals surface area contributed by atoms with Crippen LogP contribution in [0.25, 0.3) is 4.91 Å². The van der Waals surface area contributed by atoms with E-state index < -0.39 is 4.92 Å². The highest BCUT2D eigenvalue weighted by Crippen LogP contribution is 2.32. The molecule has 3 N–H and O–H groups in total. The van der Waals surface area contributed by atoms with Crippen LogP contribution < -0.4 is 10.9 Å². The number of imidazole rings is 1. The molecule has 0 radical (unpaired) electrons. The Morgan fingerprint density at radius 2 is 2.50 bits per heavy atom. The summed E-state index contributed by atoms with van der Waals surface area (Å²) < 4.78 is 3.00. The van der Waals surface area contributed by atoms with E-state index in [1.165, 1.54) is 22.7 Å². The van der Waals surface area contributed by atoms with E-state index in [9.17, 15) is 10.1 Å². The molecule has 0 saturated carbocycles. The van der Waals surface area contributed by atoms with E-state index in [0.29, 0.717) is 12.4 Å². The van der Waals surface area contributed by atoms with Gasteiger partial charge in [0.2, 0.25) is 5.82 Å². The van der Waals surface area contributed by atoms with E-state index in [-0.39, 0.29) is 12.4 Å². The highest BCUT2D eigenvalue weighted by Gasteiger charge is 2.25. The summed E-state index contributed by atoms with van der Waals surface area (Å²) in [4.78, 5) is 15.0. The molecule has 0 spiro atoms. The lowest BCUT2D eigenvalue weighted by molar-refractivity contribution is -0.391. The number of nitrogens with one attached hydrogen (secondary N) is 2. The molecule has 1 aromatic rings. The standard InChI is InChI=1S/C8H12N6O3S/c1-12-7(13(16)17)5-9-8(12)6-4-11-14(18-6)10-2-3-15/h4-5,10-11,15H,2-3H2,1H3. The quantitative estimate of drug-likeness (QED) is 0.377. The van der Waals surface area contributed by atoms with Crippen molar-refractivity contribution in [1.29, 1.82) is 0 Å². The molecule has 0 saturated heterocycles. The van der Waals surface area contributed by atoms with Crippen molar-refractivity contribution in [2.45, 2.75) is 0 Å². The first-order valence-electron chi connectivity index (χ1n) is 5.08. The molecule has 2 rings (SSSR count). The fourth-order valence-corrected chi connectivity index (χ4v) is 2.24. The third-order valence-corrected chi connectivity index (χ3v) is 3.16. The summed E-state index contributed by atoms with van der Waals surface area (Å²) in [6.45, 7) is 0.420. The predicted octanol–water partition coefficient (Wildman–Crippen LogP) is -0.408. The van der Waals surface area contributed by atoms with Gasteiger partial charge in [0.05, 0.1) is 13.7 Å². The Balaban J connectivity index is 2.08. The SMILES string of the molecule is Cn1c([N+](=O)[O-])cnc1C1=CNN(NCCO)S1. The zero-order valence-corrected chi connectivity index (χ0v) is 10.3. The number of aromatic nitrogens is 2. The molecule has 0 fully saturated rings. The molecule has 2 heterocycles. The first-order chi connectivity index (χ1) is 8.63. The third kappa shape index (κ3) is 2.46. The highest BCUT2D eigenvalue weighted by atomic mass is 32.2. The van der Waals surface area contributed by atoms with Gasteiger partial charge in [-0.2, -0.15) is 0 Å². The van der Waals surface area contributed by atoms with Gasteiger partial charge in [0, 0.05) is 24.7 Å². The van der Waals surface area contributed by atoms with Crippen LogP contribution in [0.1, 0.15) is 5.82 Å². The van der Waals surface area contributed by atoms with Gasteiger partial charge in [-0.05, 0) is 4.92 Å². The van der Waals surface area contributed by atoms with Crippen molar-refractivity contribution in [3.8, 4) is 0 Å². The van der Waals surface area contributed by atoms with E-state index in [2.05, 4.69) is 15.8 Å². The van der Waals surface area contributed by atoms with Gasteiger partial charge in [-0.15, -0.1) is 0 Å². The van der Waals surface area contributed by atoms with Crippen molar-refractivity contribution in [1.82, 2.24) is 24.9 Å². The number of hydrogen-bond donors (Lipinski definition) is 3. The lowest BCUT2D eigenvalue weighted by atomic mass is 10.5. The van der Waals surface area contributed by atoms with Crippen molar-refractivity contribution in [2.24, 2.45) is 7.05 Å². The second-order valence-electron chi connectivity index (χ2n) is 3.41. The molecular formula is C8H12N6O3S. The van der Waals surface area contributed by atoms with E-state index >= 15 is 0 Å². The summed E-state index contributed by atoms with van der Waals surface area (Å²) in [5, 5.41) is 19.4. The molecule has 0 bridgehead atoms. The molecule has 1 aliphatic rings. The number of nitro groups is 1. The van der Waals surface area contributed by atoms with Crippen molar-refractivity contribution >= 4 is 22.7 Å². The minimum Gasteiger partial charge on any atom is -0.395 e. The summed E-state index contributed by atoms with van der Waals surface area (Å²) in [6.07, 6.45) is 2.90. The molecule has 98 valence electrons. The number of rotatable bonds is 5. The van der Waals surface area contributed by atoms with Crippen LogP contribution in [0.5, 0.6) is 0 Å². The Hall–Kier alpha value is -1.62. The normalized spacial score (nSPS) is 15.6. The van der Waals surface area contributed by atoms with Crippen LogP contribution in [-0.4, -0.2) is 37.3 Å². The molecular weight excluding hydrogens is 260 g/mol. The molecule has 18 heavy (non-hydrogen) atoms. The van der Waals surface area contributed by atoms with Crippen molar-refractivity contribution in [3.05, 3.63) is 28.3 Å². The molecule has 0 aliphatic carbocycles. The molecule has 0 unspecified atom stereocenters. The van der Waals surface area contributed by atoms with E-state index in [1.54, 1.807) is 17.8 Å². The first kappa shape index (κ1) is 12.8. The maximum Gasteiger partial charge on any atom is 0.342 e. The Bertz CT molecular complexity index is 487. The van der Waals surface area contributed by atoms with Crippen LogP contribution in [0.2, 0.25) is 0 Å². The van der Waals surface area contributed by atoms with Gasteiger partial charge in [-0.1, -0.05) is 4.52 Å². The second kappa shape index (κ2) is 5.35. The molecule has 0 atom stereocenters. The number of aliphatic hydroxyl groups is 1. The Labute approximate surface area is 107 Å². The number of nitrogens with zero attached hydrogens (tertiary/aromatic N) is 4. The van der Waals surface area contributed by atoms with Crippen LogP contribution in [0.3, 0.4) is 0 Å². The molecule has 0 amide bonds. The van der Waals surface area contributed by atoms with Crippen molar-refractivity contribution in [2.75, 3.05) is 13.2 Å². The lowest BCUT2D eigenvalue weighted by Crippen LogP contribution is -2.39. The zero-order valence-electron chi connectivity index (χ0n) is 9.53. The van der Waals surface area contributed by atoms with Crippen LogP contribution in [-0.2, 0) is 7.05 Å². The van der Waals surface area contributed by atoms with Crippen molar-refractivity contribution in [3.63, 3.8) is 0 Å². The minimum absolute atomic E-state index is 0.0158. The monoisotopic (exact) mass is 272 g/mol. The second-order valence-corrected chi connectivity index (χ2v) is 4.40. The third-order valence-electron chi connectivity index (χ3n) is 2.24. The van der Waals surface area contributed by atoms with Crippen LogP contribution in [0.4, 0.5) is 5.82 Å². The maximum atomic E-state index is 10.7. The Morgan fingerprint density at radius 3 is 3.11 bits per heavy atom. The van der Waals surface area contributed by atoms with Crippen molar-refractivity contribution < 1.29 is 10.0 Å². The summed E-state index contributed by atoms with van der Waals surface area (Å²) in [6, 6.07) is 0. The molecule has 1 aliphatic heterocycles. The van der Waals surface area contributed by atoms with Gasteiger partial charge in [0.1, 0.15) is 11.1 Å². The zero-order chi connectivity index (χ0) is 13.1. The largest absolute Gasteiger partial charge is 0.395 e. The highest BCUT2D eigenvalue weighted by molar-refractivity contribution is 8.06. The van der Waals surface area contributed by atoms with Gasteiger partial charge in [0.15, 0.2) is 0 Å². The minimum atomic E-state index is -0.480. The Morgan fingerprint density at radius 1 is 1.72 bits per heavy atom. The topological polar surface area (TPSA) is 108 Å². The average Bonchev–Trinajstić information content (AvgIpc) is 2.92. The fourth-order valence-electron chi connectivity index (χ4n) is 1.40. The molecule has 10 heteroatoms. The van der Waals surface area contributed by atoms with E-state index in [0.717, 1.165) is 4.91 Å². The molecule has 1 aromatic heterocycles. The number of hydrogen-bond acceptors (Lipinski definition) is 8. The van der Waals surface area contributed by atoms with Crippen LogP contribution in [0.15, 0.2) is 12.4 Å². The maximum absolute atomic E-state index is 10.7. The summed E-state index contributed by atoms with van der Waals surface area (Å²) in [5.74, 6) is 0.445. The van der Waals surface area contributed by atoms with Gasteiger partial charge in [-0.25, -0.2) is 15.0 Å². The molecule has 9 nitrogen and oxygen atoms in total. The van der Waals surface area contributed by atoms with Gasteiger partial charge < -0.3 is 20.6 Å². The average molecular weight is 272 g/mol. The van der Waals surface area contributed by atoms with Crippen LogP contribution in [0, 0.1) is 10.1 Å². The summed E-state index contributed by atoms with van der Waals surface area (Å²) >= 11 is 1.30. The predicted molar refractivity (Wildman–Crippen MR) is 65.5 cm³/mol. The fraction of sp³-hybridized carbons (Fsp3) is 0.375. The van der Waals surface area contributed by atoms with Gasteiger partial charge in [0.25, 0.3) is 0 Å². The summed E-state index contributed by atoms with van der Waals surface area (Å²) in [5.41, 5.74) is 5.79. The van der Waals surface area contributed by atoms with Gasteiger partial charge in [-0.3, -0.25) is 0 Å². The lowest BCUT2D eigenvalue weighted by Gasteiger charge is -2.14. The molecule has 0 aromatic carbocycles. The number of aliphatic hydroxyl groups excluding tert-OH is 1. The van der Waals surface area contributed by atoms with E-state index in [1.807, 2.05) is 0 Å².